The van der Waals surface area contributed by atoms with E-state index in [9.17, 15) is 4.79 Å². The van der Waals surface area contributed by atoms with E-state index >= 15 is 0 Å². The maximum absolute atomic E-state index is 12.3. The number of amides is 1. The van der Waals surface area contributed by atoms with Gasteiger partial charge in [0.15, 0.2) is 0 Å². The molecule has 4 heteroatoms. The van der Waals surface area contributed by atoms with Crippen molar-refractivity contribution in [3.8, 4) is 0 Å². The summed E-state index contributed by atoms with van der Waals surface area (Å²) in [4.78, 5) is 19.3. The van der Waals surface area contributed by atoms with E-state index in [0.717, 1.165) is 42.1 Å². The van der Waals surface area contributed by atoms with Gasteiger partial charge in [-0.1, -0.05) is 31.9 Å². The number of carbonyl (C=O) groups is 1. The molecule has 0 aromatic carbocycles. The van der Waals surface area contributed by atoms with E-state index in [4.69, 9.17) is 4.99 Å². The number of hydrogen-bond donors (Lipinski definition) is 1. The molecule has 1 aliphatic heterocycles. The van der Waals surface area contributed by atoms with E-state index in [1.807, 2.05) is 26.0 Å². The smallest absolute Gasteiger partial charge is 0.267 e. The lowest BCUT2D eigenvalue weighted by Crippen LogP contribution is -2.40. The Labute approximate surface area is 133 Å². The molecule has 0 aromatic heterocycles. The number of aliphatic imine (C=N–C) groups is 1. The number of likely N-dealkylation sites (N-methyl/N-ethyl adjacent to an activating group) is 1. The molecule has 0 spiro atoms. The molecular formula is C18H27N3O. The van der Waals surface area contributed by atoms with Gasteiger partial charge in [-0.3, -0.25) is 4.79 Å². The Bertz CT molecular complexity index is 549. The zero-order valence-corrected chi connectivity index (χ0v) is 14.1. The fraction of sp³-hybridized carbons (Fsp3) is 0.556. The molecule has 0 saturated heterocycles. The zero-order chi connectivity index (χ0) is 16.1. The average molecular weight is 301 g/mol. The van der Waals surface area contributed by atoms with Crippen LogP contribution in [0.3, 0.4) is 0 Å². The number of allylic oxidation sites excluding steroid dienone is 3. The van der Waals surface area contributed by atoms with Crippen molar-refractivity contribution in [2.45, 2.75) is 58.9 Å². The van der Waals surface area contributed by atoms with Crippen LogP contribution in [0.5, 0.6) is 0 Å². The van der Waals surface area contributed by atoms with Crippen LogP contribution in [0.25, 0.3) is 0 Å². The third-order valence-corrected chi connectivity index (χ3v) is 4.28. The minimum Gasteiger partial charge on any atom is -0.354 e. The molecular weight excluding hydrogens is 274 g/mol. The van der Waals surface area contributed by atoms with Crippen molar-refractivity contribution in [2.75, 3.05) is 7.05 Å². The Balaban J connectivity index is 2.45. The number of nitrogens with one attached hydrogen (secondary N) is 1. The van der Waals surface area contributed by atoms with Crippen molar-refractivity contribution in [3.63, 3.8) is 0 Å². The van der Waals surface area contributed by atoms with Gasteiger partial charge in [-0.15, -0.1) is 0 Å². The van der Waals surface area contributed by atoms with Crippen LogP contribution < -0.4 is 5.32 Å². The SMILES string of the molecule is C/C=C1/C=C(C(=O)NC)N(C2CCCC2)/C1=N/C(C)=C\CC. The third kappa shape index (κ3) is 3.32. The molecule has 0 aromatic rings. The van der Waals surface area contributed by atoms with E-state index in [0.29, 0.717) is 6.04 Å². The van der Waals surface area contributed by atoms with Gasteiger partial charge in [0.2, 0.25) is 0 Å². The Morgan fingerprint density at radius 2 is 2.14 bits per heavy atom. The first-order valence-electron chi connectivity index (χ1n) is 8.27. The van der Waals surface area contributed by atoms with Crippen molar-refractivity contribution >= 4 is 11.7 Å². The second-order valence-electron chi connectivity index (χ2n) is 5.85. The van der Waals surface area contributed by atoms with E-state index in [2.05, 4.69) is 23.2 Å². The van der Waals surface area contributed by atoms with Gasteiger partial charge in [0.1, 0.15) is 11.5 Å². The highest BCUT2D eigenvalue weighted by atomic mass is 16.2. The molecule has 1 saturated carbocycles. The van der Waals surface area contributed by atoms with Gasteiger partial charge in [0.25, 0.3) is 5.91 Å². The molecule has 2 aliphatic rings. The van der Waals surface area contributed by atoms with Crippen LogP contribution in [-0.2, 0) is 4.79 Å². The predicted octanol–water partition coefficient (Wildman–Crippen LogP) is 3.53. The first-order valence-corrected chi connectivity index (χ1v) is 8.27. The molecule has 120 valence electrons. The third-order valence-electron chi connectivity index (χ3n) is 4.28. The quantitative estimate of drug-likeness (QED) is 0.863. The molecule has 0 atom stereocenters. The van der Waals surface area contributed by atoms with E-state index < -0.39 is 0 Å². The van der Waals surface area contributed by atoms with Crippen LogP contribution in [0.4, 0.5) is 0 Å². The lowest BCUT2D eigenvalue weighted by molar-refractivity contribution is -0.118. The molecule has 1 fully saturated rings. The molecule has 0 radical (unpaired) electrons. The number of nitrogens with zero attached hydrogens (tertiary/aromatic N) is 2. The highest BCUT2D eigenvalue weighted by Crippen LogP contribution is 2.33. The summed E-state index contributed by atoms with van der Waals surface area (Å²) < 4.78 is 0. The Hall–Kier alpha value is -1.84. The first-order chi connectivity index (χ1) is 10.6. The Morgan fingerprint density at radius 1 is 1.45 bits per heavy atom. The normalized spacial score (nSPS) is 23.5. The van der Waals surface area contributed by atoms with Gasteiger partial charge in [-0.2, -0.15) is 0 Å². The number of carbonyl (C=O) groups excluding carboxylic acids is 1. The highest BCUT2D eigenvalue weighted by Gasteiger charge is 2.36. The summed E-state index contributed by atoms with van der Waals surface area (Å²) in [5.41, 5.74) is 2.77. The predicted molar refractivity (Wildman–Crippen MR) is 91.5 cm³/mol. The van der Waals surface area contributed by atoms with Crippen LogP contribution in [0.1, 0.15) is 52.9 Å². The van der Waals surface area contributed by atoms with Gasteiger partial charge in [0.05, 0.1) is 0 Å². The van der Waals surface area contributed by atoms with E-state index in [-0.39, 0.29) is 5.91 Å². The fourth-order valence-corrected chi connectivity index (χ4v) is 3.21. The summed E-state index contributed by atoms with van der Waals surface area (Å²) in [6.45, 7) is 6.13. The van der Waals surface area contributed by atoms with Crippen LogP contribution >= 0.6 is 0 Å². The number of hydrogen-bond acceptors (Lipinski definition) is 2. The monoisotopic (exact) mass is 301 g/mol. The number of rotatable bonds is 4. The van der Waals surface area contributed by atoms with Crippen molar-refractivity contribution in [2.24, 2.45) is 4.99 Å². The van der Waals surface area contributed by atoms with Crippen molar-refractivity contribution in [3.05, 3.63) is 35.2 Å². The zero-order valence-electron chi connectivity index (χ0n) is 14.1. The molecule has 0 unspecified atom stereocenters. The molecule has 1 heterocycles. The van der Waals surface area contributed by atoms with E-state index in [1.165, 1.54) is 12.8 Å². The standard InChI is InChI=1S/C18H27N3O/c1-5-9-13(3)20-17-14(6-2)12-16(18(22)19-4)21(17)15-10-7-8-11-15/h6,9,12,15H,5,7-8,10-11H2,1-4H3,(H,19,22)/b13-9-,14-6-,20-17+. The van der Waals surface area contributed by atoms with Gasteiger partial charge in [-0.05, 0) is 39.2 Å². The lowest BCUT2D eigenvalue weighted by Gasteiger charge is -2.29. The molecule has 4 nitrogen and oxygen atoms in total. The van der Waals surface area contributed by atoms with Gasteiger partial charge in [-0.25, -0.2) is 4.99 Å². The van der Waals surface area contributed by atoms with Gasteiger partial charge < -0.3 is 10.2 Å². The van der Waals surface area contributed by atoms with Crippen molar-refractivity contribution in [1.82, 2.24) is 10.2 Å². The maximum Gasteiger partial charge on any atom is 0.267 e. The highest BCUT2D eigenvalue weighted by molar-refractivity contribution is 6.12. The number of amidine groups is 1. The largest absolute Gasteiger partial charge is 0.354 e. The molecule has 2 rings (SSSR count). The summed E-state index contributed by atoms with van der Waals surface area (Å²) in [6.07, 6.45) is 11.8. The summed E-state index contributed by atoms with van der Waals surface area (Å²) in [5, 5.41) is 2.76. The van der Waals surface area contributed by atoms with Crippen LogP contribution in [0, 0.1) is 0 Å². The van der Waals surface area contributed by atoms with Gasteiger partial charge in [0, 0.05) is 24.4 Å². The summed E-state index contributed by atoms with van der Waals surface area (Å²) in [7, 11) is 1.68. The summed E-state index contributed by atoms with van der Waals surface area (Å²) in [5.74, 6) is 0.892. The second-order valence-corrected chi connectivity index (χ2v) is 5.85. The van der Waals surface area contributed by atoms with Gasteiger partial charge >= 0.3 is 0 Å². The first kappa shape index (κ1) is 16.5. The fourth-order valence-electron chi connectivity index (χ4n) is 3.21. The Morgan fingerprint density at radius 3 is 2.68 bits per heavy atom. The van der Waals surface area contributed by atoms with Crippen LogP contribution in [0.15, 0.2) is 40.2 Å². The second kappa shape index (κ2) is 7.43. The Kier molecular flexibility index (Phi) is 5.58. The van der Waals surface area contributed by atoms with Crippen molar-refractivity contribution in [1.29, 1.82) is 0 Å². The molecule has 1 amide bonds. The van der Waals surface area contributed by atoms with Crippen molar-refractivity contribution < 1.29 is 4.79 Å². The maximum atomic E-state index is 12.3. The van der Waals surface area contributed by atoms with Crippen LogP contribution in [0.2, 0.25) is 0 Å². The summed E-state index contributed by atoms with van der Waals surface area (Å²) >= 11 is 0. The minimum atomic E-state index is -0.0337. The molecule has 1 N–H and O–H groups in total. The molecule has 0 bridgehead atoms. The molecule has 1 aliphatic carbocycles. The van der Waals surface area contributed by atoms with E-state index in [1.54, 1.807) is 7.05 Å². The molecule has 22 heavy (non-hydrogen) atoms. The average Bonchev–Trinajstić information content (AvgIpc) is 3.13. The summed E-state index contributed by atoms with van der Waals surface area (Å²) in [6, 6.07) is 0.383. The van der Waals surface area contributed by atoms with Crippen LogP contribution in [-0.4, -0.2) is 29.7 Å². The topological polar surface area (TPSA) is 44.7 Å². The minimum absolute atomic E-state index is 0.0337. The lowest BCUT2D eigenvalue weighted by atomic mass is 10.2.